The molecule has 0 unspecified atom stereocenters. The van der Waals surface area contributed by atoms with Crippen LogP contribution in [-0.4, -0.2) is 6.29 Å². The summed E-state index contributed by atoms with van der Waals surface area (Å²) < 4.78 is 31.1. The molecule has 1 aromatic heterocycles. The first-order valence-electron chi connectivity index (χ1n) is 4.21. The largest absolute Gasteiger partial charge is 0.453 e. The average molecular weight is 208 g/mol. The highest BCUT2D eigenvalue weighted by Crippen LogP contribution is 2.25. The van der Waals surface area contributed by atoms with Crippen molar-refractivity contribution in [2.24, 2.45) is 0 Å². The molecule has 0 spiro atoms. The maximum Gasteiger partial charge on any atom is 0.185 e. The van der Waals surface area contributed by atoms with Crippen molar-refractivity contribution < 1.29 is 18.0 Å². The van der Waals surface area contributed by atoms with E-state index >= 15 is 0 Å². The molecule has 1 heterocycles. The zero-order valence-corrected chi connectivity index (χ0v) is 7.54. The van der Waals surface area contributed by atoms with Crippen LogP contribution in [0.15, 0.2) is 34.7 Å². The molecule has 2 nitrogen and oxygen atoms in total. The number of carbonyl (C=O) groups excluding carboxylic acids is 1. The summed E-state index contributed by atoms with van der Waals surface area (Å²) in [6, 6.07) is 5.85. The monoisotopic (exact) mass is 208 g/mol. The van der Waals surface area contributed by atoms with Gasteiger partial charge < -0.3 is 4.42 Å². The predicted octanol–water partition coefficient (Wildman–Crippen LogP) is 3.04. The van der Waals surface area contributed by atoms with Gasteiger partial charge in [-0.05, 0) is 30.3 Å². The Balaban J connectivity index is 2.52. The fraction of sp³-hybridized carbons (Fsp3) is 0. The molecule has 0 N–H and O–H groups in total. The lowest BCUT2D eigenvalue weighted by Gasteiger charge is -1.98. The summed E-state index contributed by atoms with van der Waals surface area (Å²) in [4.78, 5) is 10.3. The highest BCUT2D eigenvalue weighted by molar-refractivity contribution is 5.72. The molecule has 0 aliphatic carbocycles. The molecule has 2 rings (SSSR count). The number of aldehydes is 1. The van der Waals surface area contributed by atoms with Crippen LogP contribution in [-0.2, 0) is 0 Å². The molecular formula is C11H6F2O2. The SMILES string of the molecule is O=Cc1ccc(-c2cc(F)ccc2F)o1. The van der Waals surface area contributed by atoms with E-state index in [9.17, 15) is 13.6 Å². The van der Waals surface area contributed by atoms with Crippen LogP contribution in [0.2, 0.25) is 0 Å². The van der Waals surface area contributed by atoms with Crippen molar-refractivity contribution in [1.29, 1.82) is 0 Å². The van der Waals surface area contributed by atoms with E-state index in [0.717, 1.165) is 18.2 Å². The molecule has 0 amide bonds. The molecule has 0 saturated heterocycles. The molecule has 0 aliphatic rings. The van der Waals surface area contributed by atoms with Gasteiger partial charge in [-0.2, -0.15) is 0 Å². The van der Waals surface area contributed by atoms with E-state index < -0.39 is 11.6 Å². The van der Waals surface area contributed by atoms with E-state index in [1.165, 1.54) is 12.1 Å². The van der Waals surface area contributed by atoms with Gasteiger partial charge in [-0.25, -0.2) is 8.78 Å². The molecule has 76 valence electrons. The van der Waals surface area contributed by atoms with Crippen LogP contribution in [0.1, 0.15) is 10.6 Å². The molecule has 1 aromatic carbocycles. The Morgan fingerprint density at radius 2 is 1.93 bits per heavy atom. The summed E-state index contributed by atoms with van der Waals surface area (Å²) >= 11 is 0. The lowest BCUT2D eigenvalue weighted by Crippen LogP contribution is -1.84. The Hall–Kier alpha value is -1.97. The van der Waals surface area contributed by atoms with Gasteiger partial charge in [-0.15, -0.1) is 0 Å². The summed E-state index contributed by atoms with van der Waals surface area (Å²) in [5.74, 6) is -0.943. The van der Waals surface area contributed by atoms with Crippen LogP contribution >= 0.6 is 0 Å². The third kappa shape index (κ3) is 1.79. The second kappa shape index (κ2) is 3.65. The Morgan fingerprint density at radius 1 is 1.13 bits per heavy atom. The second-order valence-corrected chi connectivity index (χ2v) is 2.94. The van der Waals surface area contributed by atoms with Crippen molar-refractivity contribution in [3.63, 3.8) is 0 Å². The number of carbonyl (C=O) groups is 1. The normalized spacial score (nSPS) is 10.3. The number of benzene rings is 1. The van der Waals surface area contributed by atoms with Crippen molar-refractivity contribution in [3.8, 4) is 11.3 Å². The van der Waals surface area contributed by atoms with Gasteiger partial charge in [0, 0.05) is 0 Å². The van der Waals surface area contributed by atoms with Gasteiger partial charge in [0.1, 0.15) is 17.4 Å². The number of rotatable bonds is 2. The van der Waals surface area contributed by atoms with Crippen molar-refractivity contribution >= 4 is 6.29 Å². The minimum absolute atomic E-state index is 0.00287. The lowest BCUT2D eigenvalue weighted by molar-refractivity contribution is 0.110. The van der Waals surface area contributed by atoms with Crippen LogP contribution in [0.25, 0.3) is 11.3 Å². The highest BCUT2D eigenvalue weighted by Gasteiger charge is 2.10. The molecule has 0 atom stereocenters. The van der Waals surface area contributed by atoms with Gasteiger partial charge in [0.25, 0.3) is 0 Å². The lowest BCUT2D eigenvalue weighted by atomic mass is 10.1. The molecule has 0 radical (unpaired) electrons. The van der Waals surface area contributed by atoms with Gasteiger partial charge in [-0.1, -0.05) is 0 Å². The molecule has 0 bridgehead atoms. The molecule has 0 aliphatic heterocycles. The average Bonchev–Trinajstić information content (AvgIpc) is 2.70. The van der Waals surface area contributed by atoms with Gasteiger partial charge >= 0.3 is 0 Å². The van der Waals surface area contributed by atoms with Crippen LogP contribution < -0.4 is 0 Å². The molecule has 4 heteroatoms. The van der Waals surface area contributed by atoms with E-state index in [2.05, 4.69) is 0 Å². The van der Waals surface area contributed by atoms with Gasteiger partial charge in [0.05, 0.1) is 5.56 Å². The van der Waals surface area contributed by atoms with Crippen LogP contribution in [0, 0.1) is 11.6 Å². The first-order valence-corrected chi connectivity index (χ1v) is 4.21. The topological polar surface area (TPSA) is 30.2 Å². The Labute approximate surface area is 84.1 Å². The van der Waals surface area contributed by atoms with Gasteiger partial charge in [-0.3, -0.25) is 4.79 Å². The Morgan fingerprint density at radius 3 is 2.60 bits per heavy atom. The van der Waals surface area contributed by atoms with Crippen molar-refractivity contribution in [1.82, 2.24) is 0 Å². The summed E-state index contributed by atoms with van der Waals surface area (Å²) in [5, 5.41) is 0. The summed E-state index contributed by atoms with van der Waals surface area (Å²) in [7, 11) is 0. The van der Waals surface area contributed by atoms with Crippen LogP contribution in [0.3, 0.4) is 0 Å². The summed E-state index contributed by atoms with van der Waals surface area (Å²) in [6.45, 7) is 0. The van der Waals surface area contributed by atoms with Crippen molar-refractivity contribution in [2.75, 3.05) is 0 Å². The van der Waals surface area contributed by atoms with Crippen molar-refractivity contribution in [2.45, 2.75) is 0 Å². The number of hydrogen-bond acceptors (Lipinski definition) is 2. The minimum atomic E-state index is -0.594. The molecule has 0 fully saturated rings. The zero-order valence-electron chi connectivity index (χ0n) is 7.54. The van der Waals surface area contributed by atoms with Crippen molar-refractivity contribution in [3.05, 3.63) is 47.7 Å². The number of hydrogen-bond donors (Lipinski definition) is 0. The molecule has 0 saturated carbocycles. The maximum absolute atomic E-state index is 13.3. The first kappa shape index (κ1) is 9.58. The number of halogens is 2. The quantitative estimate of drug-likeness (QED) is 0.710. The van der Waals surface area contributed by atoms with E-state index in [0.29, 0.717) is 6.29 Å². The first-order chi connectivity index (χ1) is 7.20. The Kier molecular flexibility index (Phi) is 2.33. The molecule has 15 heavy (non-hydrogen) atoms. The third-order valence-electron chi connectivity index (χ3n) is 1.94. The molecule has 2 aromatic rings. The summed E-state index contributed by atoms with van der Waals surface area (Å²) in [5.41, 5.74) is 0.00287. The Bertz CT molecular complexity index is 503. The van der Waals surface area contributed by atoms with Crippen LogP contribution in [0.5, 0.6) is 0 Å². The summed E-state index contributed by atoms with van der Waals surface area (Å²) in [6.07, 6.45) is 0.501. The van der Waals surface area contributed by atoms with E-state index in [-0.39, 0.29) is 17.1 Å². The number of furan rings is 1. The predicted molar refractivity (Wildman–Crippen MR) is 49.4 cm³/mol. The maximum atomic E-state index is 13.3. The van der Waals surface area contributed by atoms with Gasteiger partial charge in [0.2, 0.25) is 0 Å². The van der Waals surface area contributed by atoms with E-state index in [1.54, 1.807) is 0 Å². The third-order valence-corrected chi connectivity index (χ3v) is 1.94. The highest BCUT2D eigenvalue weighted by atomic mass is 19.1. The van der Waals surface area contributed by atoms with Gasteiger partial charge in [0.15, 0.2) is 12.0 Å². The fourth-order valence-corrected chi connectivity index (χ4v) is 1.25. The zero-order chi connectivity index (χ0) is 10.8. The van der Waals surface area contributed by atoms with E-state index in [4.69, 9.17) is 4.42 Å². The second-order valence-electron chi connectivity index (χ2n) is 2.94. The van der Waals surface area contributed by atoms with E-state index in [1.807, 2.05) is 0 Å². The molecular weight excluding hydrogens is 202 g/mol. The van der Waals surface area contributed by atoms with Crippen LogP contribution in [0.4, 0.5) is 8.78 Å². The minimum Gasteiger partial charge on any atom is -0.453 e. The standard InChI is InChI=1S/C11H6F2O2/c12-7-1-3-10(13)9(5-7)11-4-2-8(6-14)15-11/h1-6H. The fourth-order valence-electron chi connectivity index (χ4n) is 1.25. The smallest absolute Gasteiger partial charge is 0.185 e.